The summed E-state index contributed by atoms with van der Waals surface area (Å²) in [6, 6.07) is -0.999. The molecule has 0 fully saturated rings. The summed E-state index contributed by atoms with van der Waals surface area (Å²) >= 11 is 0. The molecule has 0 rings (SSSR count). The first-order valence-electron chi connectivity index (χ1n) is 5.70. The molecule has 0 aromatic carbocycles. The number of aliphatic carboxylic acids is 1. The number of rotatable bonds is 9. The van der Waals surface area contributed by atoms with Crippen LogP contribution in [0.15, 0.2) is 0 Å². The van der Waals surface area contributed by atoms with Crippen LogP contribution in [-0.4, -0.2) is 60.5 Å². The summed E-state index contributed by atoms with van der Waals surface area (Å²) in [5.74, 6) is -1.52. The van der Waals surface area contributed by atoms with E-state index in [4.69, 9.17) is 9.84 Å². The largest absolute Gasteiger partial charge is 0.480 e. The first kappa shape index (κ1) is 16.8. The molecule has 7 heteroatoms. The average Bonchev–Trinajstić information content (AvgIpc) is 2.24. The number of amides is 1. The van der Waals surface area contributed by atoms with Gasteiger partial charge >= 0.3 is 5.97 Å². The first-order valence-corrected chi connectivity index (χ1v) is 5.70. The molecule has 0 aromatic rings. The lowest BCUT2D eigenvalue weighted by Crippen LogP contribution is -2.49. The van der Waals surface area contributed by atoms with E-state index in [1.54, 1.807) is 14.0 Å². The predicted molar refractivity (Wildman–Crippen MR) is 65.2 cm³/mol. The highest BCUT2D eigenvalue weighted by atomic mass is 16.5. The van der Waals surface area contributed by atoms with Crippen molar-refractivity contribution in [2.45, 2.75) is 31.9 Å². The molecule has 0 saturated heterocycles. The molecule has 0 saturated carbocycles. The summed E-state index contributed by atoms with van der Waals surface area (Å²) in [4.78, 5) is 21.6. The standard InChI is InChI=1S/C11H22N2O5/c1-8(14)13-9(10(15)16)6-12-7-11(2,17)4-5-18-3/h9,12,17H,4-7H2,1-3H3,(H,13,14)(H,15,16). The van der Waals surface area contributed by atoms with Crippen molar-refractivity contribution in [1.82, 2.24) is 10.6 Å². The molecule has 0 bridgehead atoms. The van der Waals surface area contributed by atoms with Crippen LogP contribution in [0.1, 0.15) is 20.3 Å². The van der Waals surface area contributed by atoms with Gasteiger partial charge in [-0.25, -0.2) is 4.79 Å². The molecule has 0 aromatic heterocycles. The van der Waals surface area contributed by atoms with E-state index in [-0.39, 0.29) is 13.1 Å². The number of carboxylic acid groups (broad SMARTS) is 1. The molecule has 0 radical (unpaired) electrons. The Bertz CT molecular complexity index is 281. The van der Waals surface area contributed by atoms with Crippen LogP contribution in [0, 0.1) is 0 Å². The maximum absolute atomic E-state index is 10.8. The Hall–Kier alpha value is -1.18. The monoisotopic (exact) mass is 262 g/mol. The summed E-state index contributed by atoms with van der Waals surface area (Å²) in [6.45, 7) is 3.58. The van der Waals surface area contributed by atoms with Gasteiger partial charge in [-0.2, -0.15) is 0 Å². The quantitative estimate of drug-likeness (QED) is 0.422. The van der Waals surface area contributed by atoms with Crippen LogP contribution in [0.2, 0.25) is 0 Å². The van der Waals surface area contributed by atoms with Crippen LogP contribution in [0.3, 0.4) is 0 Å². The summed E-state index contributed by atoms with van der Waals surface area (Å²) < 4.78 is 4.86. The molecule has 106 valence electrons. The molecule has 4 N–H and O–H groups in total. The number of carbonyl (C=O) groups excluding carboxylic acids is 1. The molecule has 1 amide bonds. The van der Waals surface area contributed by atoms with Gasteiger partial charge in [-0.1, -0.05) is 0 Å². The molecule has 0 aliphatic heterocycles. The number of carbonyl (C=O) groups is 2. The van der Waals surface area contributed by atoms with E-state index in [1.807, 2.05) is 0 Å². The van der Waals surface area contributed by atoms with Crippen molar-refractivity contribution in [3.8, 4) is 0 Å². The van der Waals surface area contributed by atoms with E-state index in [0.29, 0.717) is 13.0 Å². The third-order valence-electron chi connectivity index (χ3n) is 2.37. The Morgan fingerprint density at radius 1 is 1.44 bits per heavy atom. The highest BCUT2D eigenvalue weighted by Crippen LogP contribution is 2.07. The molecule has 0 aliphatic rings. The zero-order chi connectivity index (χ0) is 14.2. The van der Waals surface area contributed by atoms with Gasteiger partial charge in [0, 0.05) is 40.2 Å². The van der Waals surface area contributed by atoms with Gasteiger partial charge in [-0.05, 0) is 6.92 Å². The van der Waals surface area contributed by atoms with Crippen molar-refractivity contribution in [2.75, 3.05) is 26.8 Å². The Morgan fingerprint density at radius 3 is 2.50 bits per heavy atom. The van der Waals surface area contributed by atoms with E-state index < -0.39 is 23.5 Å². The maximum Gasteiger partial charge on any atom is 0.327 e. The average molecular weight is 262 g/mol. The van der Waals surface area contributed by atoms with Crippen molar-refractivity contribution >= 4 is 11.9 Å². The molecule has 18 heavy (non-hydrogen) atoms. The Labute approximate surface area is 107 Å². The highest BCUT2D eigenvalue weighted by Gasteiger charge is 2.22. The van der Waals surface area contributed by atoms with Crippen LogP contribution in [-0.2, 0) is 14.3 Å². The Morgan fingerprint density at radius 2 is 2.06 bits per heavy atom. The minimum atomic E-state index is -1.12. The molecular formula is C11H22N2O5. The number of nitrogens with one attached hydrogen (secondary N) is 2. The molecule has 0 spiro atoms. The van der Waals surface area contributed by atoms with Gasteiger partial charge < -0.3 is 25.6 Å². The first-order chi connectivity index (χ1) is 8.28. The normalized spacial score (nSPS) is 15.8. The third-order valence-corrected chi connectivity index (χ3v) is 2.37. The van der Waals surface area contributed by atoms with Crippen LogP contribution < -0.4 is 10.6 Å². The maximum atomic E-state index is 10.8. The molecule has 2 unspecified atom stereocenters. The van der Waals surface area contributed by atoms with Crippen molar-refractivity contribution in [2.24, 2.45) is 0 Å². The molecule has 0 heterocycles. The fourth-order valence-electron chi connectivity index (χ4n) is 1.34. The van der Waals surface area contributed by atoms with Gasteiger partial charge in [0.15, 0.2) is 0 Å². The number of hydrogen-bond acceptors (Lipinski definition) is 5. The van der Waals surface area contributed by atoms with E-state index >= 15 is 0 Å². The van der Waals surface area contributed by atoms with Crippen LogP contribution in [0.25, 0.3) is 0 Å². The summed E-state index contributed by atoms with van der Waals surface area (Å²) in [5, 5.41) is 23.9. The van der Waals surface area contributed by atoms with E-state index in [2.05, 4.69) is 10.6 Å². The van der Waals surface area contributed by atoms with Gasteiger partial charge in [-0.3, -0.25) is 4.79 Å². The number of methoxy groups -OCH3 is 1. The van der Waals surface area contributed by atoms with E-state index in [9.17, 15) is 14.7 Å². The van der Waals surface area contributed by atoms with Crippen molar-refractivity contribution in [3.05, 3.63) is 0 Å². The smallest absolute Gasteiger partial charge is 0.327 e. The second-order valence-corrected chi connectivity index (χ2v) is 4.46. The van der Waals surface area contributed by atoms with Gasteiger partial charge in [0.1, 0.15) is 6.04 Å². The lowest BCUT2D eigenvalue weighted by Gasteiger charge is -2.24. The molecule has 0 aliphatic carbocycles. The molecular weight excluding hydrogens is 240 g/mol. The SMILES string of the molecule is COCCC(C)(O)CNCC(NC(C)=O)C(=O)O. The molecule has 7 nitrogen and oxygen atoms in total. The van der Waals surface area contributed by atoms with Gasteiger partial charge in [0.05, 0.1) is 5.60 Å². The van der Waals surface area contributed by atoms with E-state index in [0.717, 1.165) is 0 Å². The second-order valence-electron chi connectivity index (χ2n) is 4.46. The number of carboxylic acids is 1. The summed E-state index contributed by atoms with van der Waals surface area (Å²) in [7, 11) is 1.54. The second kappa shape index (κ2) is 8.02. The molecule has 2 atom stereocenters. The lowest BCUT2D eigenvalue weighted by atomic mass is 10.0. The minimum absolute atomic E-state index is 0.0536. The highest BCUT2D eigenvalue weighted by molar-refractivity contribution is 5.82. The number of hydrogen-bond donors (Lipinski definition) is 4. The third kappa shape index (κ3) is 7.99. The summed E-state index contributed by atoms with van der Waals surface area (Å²) in [6.07, 6.45) is 0.439. The van der Waals surface area contributed by atoms with Gasteiger partial charge in [-0.15, -0.1) is 0 Å². The van der Waals surface area contributed by atoms with Crippen molar-refractivity contribution in [1.29, 1.82) is 0 Å². The number of aliphatic hydroxyl groups is 1. The van der Waals surface area contributed by atoms with Crippen molar-refractivity contribution in [3.63, 3.8) is 0 Å². The van der Waals surface area contributed by atoms with Crippen LogP contribution in [0.4, 0.5) is 0 Å². The zero-order valence-corrected chi connectivity index (χ0v) is 11.0. The topological polar surface area (TPSA) is 108 Å². The minimum Gasteiger partial charge on any atom is -0.480 e. The fourth-order valence-corrected chi connectivity index (χ4v) is 1.34. The van der Waals surface area contributed by atoms with Crippen LogP contribution >= 0.6 is 0 Å². The number of ether oxygens (including phenoxy) is 1. The lowest BCUT2D eigenvalue weighted by molar-refractivity contribution is -0.141. The van der Waals surface area contributed by atoms with Crippen LogP contribution in [0.5, 0.6) is 0 Å². The van der Waals surface area contributed by atoms with Gasteiger partial charge in [0.25, 0.3) is 0 Å². The van der Waals surface area contributed by atoms with E-state index in [1.165, 1.54) is 6.92 Å². The Kier molecular flexibility index (Phi) is 7.49. The van der Waals surface area contributed by atoms with Crippen molar-refractivity contribution < 1.29 is 24.5 Å². The zero-order valence-electron chi connectivity index (χ0n) is 11.0. The van der Waals surface area contributed by atoms with Gasteiger partial charge in [0.2, 0.25) is 5.91 Å². The Balaban J connectivity index is 4.05. The summed E-state index contributed by atoms with van der Waals surface area (Å²) in [5.41, 5.74) is -0.977. The predicted octanol–water partition coefficient (Wildman–Crippen LogP) is -1.05. The fraction of sp³-hybridized carbons (Fsp3) is 0.818.